The van der Waals surface area contributed by atoms with E-state index >= 15 is 0 Å². The fourth-order valence-electron chi connectivity index (χ4n) is 2.91. The molecule has 0 aliphatic heterocycles. The Bertz CT molecular complexity index is 1120. The summed E-state index contributed by atoms with van der Waals surface area (Å²) >= 11 is 6.46. The van der Waals surface area contributed by atoms with Crippen LogP contribution in [0.2, 0.25) is 5.02 Å². The summed E-state index contributed by atoms with van der Waals surface area (Å²) in [5, 5.41) is 14.4. The van der Waals surface area contributed by atoms with Crippen LogP contribution in [0.4, 0.5) is 0 Å². The van der Waals surface area contributed by atoms with Crippen molar-refractivity contribution in [1.29, 1.82) is 0 Å². The molecule has 0 saturated heterocycles. The highest BCUT2D eigenvalue weighted by Crippen LogP contribution is 2.37. The minimum absolute atomic E-state index is 0.381. The molecule has 1 heterocycles. The number of methoxy groups -OCH3 is 1. The van der Waals surface area contributed by atoms with E-state index in [-0.39, 0.29) is 0 Å². The van der Waals surface area contributed by atoms with Crippen molar-refractivity contribution in [3.63, 3.8) is 0 Å². The molecule has 3 aromatic carbocycles. The van der Waals surface area contributed by atoms with Crippen molar-refractivity contribution in [2.24, 2.45) is 5.10 Å². The number of fused-ring (bicyclic) bond motifs is 1. The van der Waals surface area contributed by atoms with E-state index in [1.54, 1.807) is 19.4 Å². The maximum absolute atomic E-state index is 6.46. The van der Waals surface area contributed by atoms with Gasteiger partial charge in [-0.05, 0) is 34.0 Å². The summed E-state index contributed by atoms with van der Waals surface area (Å²) in [4.78, 5) is 0. The Labute approximate surface area is 167 Å². The second-order valence-electron chi connectivity index (χ2n) is 6.05. The third-order valence-electron chi connectivity index (χ3n) is 4.25. The van der Waals surface area contributed by atoms with Gasteiger partial charge in [-0.1, -0.05) is 54.1 Å². The molecule has 4 rings (SSSR count). The number of ether oxygens (including phenoxy) is 2. The van der Waals surface area contributed by atoms with Gasteiger partial charge >= 0.3 is 0 Å². The van der Waals surface area contributed by atoms with Gasteiger partial charge in [0, 0.05) is 0 Å². The number of hydrogen-bond donors (Lipinski definition) is 0. The van der Waals surface area contributed by atoms with Crippen molar-refractivity contribution in [1.82, 2.24) is 14.9 Å². The van der Waals surface area contributed by atoms with E-state index in [0.29, 0.717) is 23.1 Å². The quantitative estimate of drug-likeness (QED) is 0.451. The van der Waals surface area contributed by atoms with Gasteiger partial charge in [0.05, 0.1) is 18.3 Å². The van der Waals surface area contributed by atoms with E-state index in [0.717, 1.165) is 16.5 Å². The normalized spacial score (nSPS) is 11.2. The first-order valence-corrected chi connectivity index (χ1v) is 8.98. The predicted octanol–water partition coefficient (Wildman–Crippen LogP) is 4.55. The minimum Gasteiger partial charge on any atom is -0.493 e. The zero-order valence-electron chi connectivity index (χ0n) is 15.1. The van der Waals surface area contributed by atoms with Crippen LogP contribution in [-0.4, -0.2) is 28.2 Å². The van der Waals surface area contributed by atoms with Gasteiger partial charge in [0.1, 0.15) is 19.3 Å². The maximum Gasteiger partial charge on any atom is 0.180 e. The van der Waals surface area contributed by atoms with E-state index in [1.165, 1.54) is 22.7 Å². The van der Waals surface area contributed by atoms with Crippen LogP contribution in [0, 0.1) is 0 Å². The number of nitrogens with zero attached hydrogens (tertiary/aromatic N) is 4. The minimum atomic E-state index is 0.381. The van der Waals surface area contributed by atoms with Crippen molar-refractivity contribution in [2.75, 3.05) is 7.11 Å². The second-order valence-corrected chi connectivity index (χ2v) is 6.45. The molecule has 0 atom stereocenters. The largest absolute Gasteiger partial charge is 0.493 e. The van der Waals surface area contributed by atoms with Crippen molar-refractivity contribution < 1.29 is 9.47 Å². The monoisotopic (exact) mass is 392 g/mol. The molecule has 0 saturated carbocycles. The first-order valence-electron chi connectivity index (χ1n) is 8.60. The standard InChI is InChI=1S/C21H17ClN4O2/c1-27-20-10-15(11-25-26-13-23-24-14-26)9-19(22)21(20)28-12-17-7-4-6-16-5-2-3-8-18(16)17/h2-11,13-14H,12H2,1H3/b25-11-. The van der Waals surface area contributed by atoms with Crippen LogP contribution in [0.3, 0.4) is 0 Å². The summed E-state index contributed by atoms with van der Waals surface area (Å²) in [5.74, 6) is 1.04. The molecule has 0 bridgehead atoms. The molecule has 140 valence electrons. The fourth-order valence-corrected chi connectivity index (χ4v) is 3.18. The van der Waals surface area contributed by atoms with Gasteiger partial charge in [0.15, 0.2) is 11.5 Å². The van der Waals surface area contributed by atoms with Crippen LogP contribution in [0.1, 0.15) is 11.1 Å². The first-order chi connectivity index (χ1) is 13.7. The van der Waals surface area contributed by atoms with Crippen LogP contribution in [0.25, 0.3) is 10.8 Å². The highest BCUT2D eigenvalue weighted by Gasteiger charge is 2.12. The van der Waals surface area contributed by atoms with E-state index in [2.05, 4.69) is 33.5 Å². The van der Waals surface area contributed by atoms with Gasteiger partial charge in [-0.3, -0.25) is 0 Å². The molecule has 6 nitrogen and oxygen atoms in total. The lowest BCUT2D eigenvalue weighted by atomic mass is 10.1. The SMILES string of the molecule is COc1cc(/C=N\n2cnnc2)cc(Cl)c1OCc1cccc2ccccc12. The lowest BCUT2D eigenvalue weighted by Crippen LogP contribution is -2.00. The van der Waals surface area contributed by atoms with Gasteiger partial charge in [0.2, 0.25) is 0 Å². The Kier molecular flexibility index (Phi) is 5.21. The van der Waals surface area contributed by atoms with E-state index in [9.17, 15) is 0 Å². The molecule has 0 spiro atoms. The molecule has 0 N–H and O–H groups in total. The van der Waals surface area contributed by atoms with Crippen molar-refractivity contribution in [2.45, 2.75) is 6.61 Å². The average Bonchev–Trinajstić information content (AvgIpc) is 3.25. The van der Waals surface area contributed by atoms with Gasteiger partial charge < -0.3 is 9.47 Å². The summed E-state index contributed by atoms with van der Waals surface area (Å²) in [6.07, 6.45) is 4.64. The highest BCUT2D eigenvalue weighted by atomic mass is 35.5. The van der Waals surface area contributed by atoms with Crippen LogP contribution >= 0.6 is 11.6 Å². The zero-order chi connectivity index (χ0) is 19.3. The Morgan fingerprint density at radius 3 is 2.68 bits per heavy atom. The number of halogens is 1. The zero-order valence-corrected chi connectivity index (χ0v) is 15.9. The lowest BCUT2D eigenvalue weighted by Gasteiger charge is -2.14. The molecular formula is C21H17ClN4O2. The Morgan fingerprint density at radius 1 is 1.07 bits per heavy atom. The lowest BCUT2D eigenvalue weighted by molar-refractivity contribution is 0.286. The Morgan fingerprint density at radius 2 is 1.86 bits per heavy atom. The average molecular weight is 393 g/mol. The molecule has 4 aromatic rings. The number of rotatable bonds is 6. The molecule has 1 aromatic heterocycles. The summed E-state index contributed by atoms with van der Waals surface area (Å²) < 4.78 is 13.0. The van der Waals surface area contributed by atoms with Gasteiger partial charge in [-0.25, -0.2) is 4.68 Å². The van der Waals surface area contributed by atoms with Crippen LogP contribution < -0.4 is 9.47 Å². The predicted molar refractivity (Wildman–Crippen MR) is 109 cm³/mol. The Hall–Kier alpha value is -3.38. The summed E-state index contributed by atoms with van der Waals surface area (Å²) in [6.45, 7) is 0.381. The number of aromatic nitrogens is 3. The molecule has 0 aliphatic rings. The van der Waals surface area contributed by atoms with E-state index in [1.807, 2.05) is 30.3 Å². The van der Waals surface area contributed by atoms with Gasteiger partial charge in [-0.2, -0.15) is 5.10 Å². The van der Waals surface area contributed by atoms with Gasteiger partial charge in [-0.15, -0.1) is 10.2 Å². The van der Waals surface area contributed by atoms with Crippen LogP contribution in [0.5, 0.6) is 11.5 Å². The van der Waals surface area contributed by atoms with Gasteiger partial charge in [0.25, 0.3) is 0 Å². The van der Waals surface area contributed by atoms with E-state index < -0.39 is 0 Å². The number of hydrogen-bond acceptors (Lipinski definition) is 5. The Balaban J connectivity index is 1.59. The van der Waals surface area contributed by atoms with Crippen LogP contribution in [-0.2, 0) is 6.61 Å². The molecular weight excluding hydrogens is 376 g/mol. The number of benzene rings is 3. The molecule has 7 heteroatoms. The summed E-state index contributed by atoms with van der Waals surface area (Å²) in [6, 6.07) is 17.9. The molecule has 0 amide bonds. The molecule has 0 radical (unpaired) electrons. The molecule has 0 fully saturated rings. The highest BCUT2D eigenvalue weighted by molar-refractivity contribution is 6.32. The van der Waals surface area contributed by atoms with Crippen molar-refractivity contribution >= 4 is 28.6 Å². The van der Waals surface area contributed by atoms with Crippen molar-refractivity contribution in [3.8, 4) is 11.5 Å². The topological polar surface area (TPSA) is 61.5 Å². The molecule has 0 aliphatic carbocycles. The first kappa shape index (κ1) is 18.0. The fraction of sp³-hybridized carbons (Fsp3) is 0.0952. The van der Waals surface area contributed by atoms with E-state index in [4.69, 9.17) is 21.1 Å². The maximum atomic E-state index is 6.46. The summed E-state index contributed by atoms with van der Waals surface area (Å²) in [5.41, 5.74) is 1.85. The van der Waals surface area contributed by atoms with Crippen molar-refractivity contribution in [3.05, 3.63) is 83.4 Å². The third-order valence-corrected chi connectivity index (χ3v) is 4.53. The third kappa shape index (κ3) is 3.82. The summed E-state index contributed by atoms with van der Waals surface area (Å²) in [7, 11) is 1.58. The molecule has 0 unspecified atom stereocenters. The second kappa shape index (κ2) is 8.10. The smallest absolute Gasteiger partial charge is 0.180 e. The molecule has 28 heavy (non-hydrogen) atoms. The van der Waals surface area contributed by atoms with Crippen LogP contribution in [0.15, 0.2) is 72.4 Å².